The van der Waals surface area contributed by atoms with Crippen molar-refractivity contribution < 1.29 is 18.0 Å². The van der Waals surface area contributed by atoms with Gasteiger partial charge in [-0.1, -0.05) is 6.08 Å². The van der Waals surface area contributed by atoms with Crippen molar-refractivity contribution in [3.8, 4) is 6.07 Å². The molecule has 1 atom stereocenters. The van der Waals surface area contributed by atoms with Crippen molar-refractivity contribution in [2.45, 2.75) is 37.4 Å². The Morgan fingerprint density at radius 3 is 2.59 bits per heavy atom. The summed E-state index contributed by atoms with van der Waals surface area (Å²) in [5.41, 5.74) is 3.99. The number of hydrogen-bond donors (Lipinski definition) is 1. The normalized spacial score (nSPS) is 21.8. The predicted octanol–water partition coefficient (Wildman–Crippen LogP) is 4.03. The molecule has 1 aromatic rings. The number of thiocarbonyl (C=S) groups is 1. The van der Waals surface area contributed by atoms with E-state index in [9.17, 15) is 18.0 Å². The fourth-order valence-corrected chi connectivity index (χ4v) is 3.97. The molecule has 0 radical (unpaired) electrons. The van der Waals surface area contributed by atoms with Crippen LogP contribution < -0.4 is 10.6 Å². The van der Waals surface area contributed by atoms with Gasteiger partial charge in [0, 0.05) is 11.4 Å². The molecule has 1 aliphatic carbocycles. The second-order valence-electron chi connectivity index (χ2n) is 7.13. The van der Waals surface area contributed by atoms with Crippen molar-refractivity contribution >= 4 is 40.5 Å². The van der Waals surface area contributed by atoms with Crippen LogP contribution in [0.2, 0.25) is 0 Å². The summed E-state index contributed by atoms with van der Waals surface area (Å²) in [6, 6.07) is 4.58. The number of carbonyl (C=O) groups excluding carboxylic acids is 1. The first-order valence-corrected chi connectivity index (χ1v) is 9.35. The van der Waals surface area contributed by atoms with Crippen LogP contribution in [0, 0.1) is 11.3 Å². The average Bonchev–Trinajstić information content (AvgIpc) is 2.81. The maximum atomic E-state index is 13.4. The van der Waals surface area contributed by atoms with Crippen molar-refractivity contribution in [2.24, 2.45) is 5.73 Å². The van der Waals surface area contributed by atoms with Crippen LogP contribution in [-0.4, -0.2) is 26.8 Å². The van der Waals surface area contributed by atoms with Crippen molar-refractivity contribution in [3.63, 3.8) is 0 Å². The zero-order chi connectivity index (χ0) is 21.7. The Morgan fingerprint density at radius 2 is 2.03 bits per heavy atom. The van der Waals surface area contributed by atoms with E-state index in [1.54, 1.807) is 30.9 Å². The number of carbonyl (C=O) groups is 1. The van der Waals surface area contributed by atoms with Gasteiger partial charge < -0.3 is 10.6 Å². The summed E-state index contributed by atoms with van der Waals surface area (Å²) in [4.78, 5) is 15.7. The van der Waals surface area contributed by atoms with Gasteiger partial charge >= 0.3 is 6.18 Å². The highest BCUT2D eigenvalue weighted by Crippen LogP contribution is 2.40. The van der Waals surface area contributed by atoms with E-state index in [0.29, 0.717) is 17.8 Å². The van der Waals surface area contributed by atoms with Crippen LogP contribution in [0.5, 0.6) is 0 Å². The van der Waals surface area contributed by atoms with Gasteiger partial charge in [0.05, 0.1) is 28.3 Å². The van der Waals surface area contributed by atoms with Gasteiger partial charge in [-0.3, -0.25) is 9.69 Å². The van der Waals surface area contributed by atoms with Gasteiger partial charge in [0.2, 0.25) is 0 Å². The smallest absolute Gasteiger partial charge is 0.401 e. The largest absolute Gasteiger partial charge is 0.417 e. The van der Waals surface area contributed by atoms with E-state index in [4.69, 9.17) is 34.8 Å². The third-order valence-electron chi connectivity index (χ3n) is 4.82. The number of allylic oxidation sites excluding steroid dienone is 3. The SMILES string of the molecule is CC1(C)C(=O)N(c2ccc(C#N)c(C(F)(F)F)c2)C(=S)N1C1=CCC(Cl)C(N)=C1. The molecule has 1 unspecified atom stereocenters. The lowest BCUT2D eigenvalue weighted by Crippen LogP contribution is -2.43. The first-order chi connectivity index (χ1) is 13.4. The fourth-order valence-electron chi connectivity index (χ4n) is 3.30. The molecule has 3 rings (SSSR count). The Labute approximate surface area is 175 Å². The van der Waals surface area contributed by atoms with Crippen LogP contribution in [0.15, 0.2) is 41.7 Å². The van der Waals surface area contributed by atoms with Crippen LogP contribution in [0.3, 0.4) is 0 Å². The predicted molar refractivity (Wildman–Crippen MR) is 107 cm³/mol. The molecule has 1 fully saturated rings. The zero-order valence-electron chi connectivity index (χ0n) is 15.4. The molecule has 0 spiro atoms. The van der Waals surface area contributed by atoms with Crippen LogP contribution >= 0.6 is 23.8 Å². The Balaban J connectivity index is 2.08. The molecule has 1 aliphatic heterocycles. The second kappa shape index (κ2) is 7.04. The monoisotopic (exact) mass is 440 g/mol. The number of rotatable bonds is 2. The summed E-state index contributed by atoms with van der Waals surface area (Å²) < 4.78 is 40.1. The standard InChI is InChI=1S/C19H16ClF3N4OS/c1-18(2)16(28)26(11-4-3-10(9-24)13(7-11)19(21,22)23)17(29)27(18)12-5-6-14(20)15(25)8-12/h3-5,7-8,14H,6,25H2,1-2H3. The van der Waals surface area contributed by atoms with Gasteiger partial charge in [0.1, 0.15) is 5.54 Å². The summed E-state index contributed by atoms with van der Waals surface area (Å²) in [6.45, 7) is 3.24. The number of nitrogens with two attached hydrogens (primary N) is 1. The van der Waals surface area contributed by atoms with Crippen LogP contribution in [0.1, 0.15) is 31.4 Å². The third kappa shape index (κ3) is 3.47. The Kier molecular flexibility index (Phi) is 5.13. The number of alkyl halides is 4. The molecule has 5 nitrogen and oxygen atoms in total. The Morgan fingerprint density at radius 1 is 1.38 bits per heavy atom. The van der Waals surface area contributed by atoms with Crippen molar-refractivity contribution in [1.82, 2.24) is 4.90 Å². The zero-order valence-corrected chi connectivity index (χ0v) is 17.0. The third-order valence-corrected chi connectivity index (χ3v) is 5.62. The van der Waals surface area contributed by atoms with Crippen LogP contribution in [-0.2, 0) is 11.0 Å². The van der Waals surface area contributed by atoms with Crippen molar-refractivity contribution in [1.29, 1.82) is 5.26 Å². The summed E-state index contributed by atoms with van der Waals surface area (Å²) in [6.07, 6.45) is -0.943. The van der Waals surface area contributed by atoms with Gasteiger partial charge in [0.15, 0.2) is 5.11 Å². The maximum absolute atomic E-state index is 13.4. The van der Waals surface area contributed by atoms with E-state index in [0.717, 1.165) is 17.0 Å². The lowest BCUT2D eigenvalue weighted by molar-refractivity contribution is -0.137. The number of benzene rings is 1. The van der Waals surface area contributed by atoms with Gasteiger partial charge in [-0.15, -0.1) is 11.6 Å². The number of nitriles is 1. The van der Waals surface area contributed by atoms with Crippen molar-refractivity contribution in [3.05, 3.63) is 52.9 Å². The topological polar surface area (TPSA) is 73.4 Å². The minimum absolute atomic E-state index is 0.0150. The molecule has 1 heterocycles. The van der Waals surface area contributed by atoms with Gasteiger partial charge in [-0.05, 0) is 56.8 Å². The van der Waals surface area contributed by atoms with Gasteiger partial charge in [0.25, 0.3) is 5.91 Å². The maximum Gasteiger partial charge on any atom is 0.417 e. The summed E-state index contributed by atoms with van der Waals surface area (Å²) >= 11 is 11.5. The van der Waals surface area contributed by atoms with E-state index in [-0.39, 0.29) is 16.2 Å². The molecule has 2 aliphatic rings. The minimum atomic E-state index is -4.75. The van der Waals surface area contributed by atoms with E-state index < -0.39 is 28.7 Å². The molecule has 1 saturated heterocycles. The summed E-state index contributed by atoms with van der Waals surface area (Å²) in [5.74, 6) is -0.499. The Hall–Kier alpha value is -2.57. The highest BCUT2D eigenvalue weighted by molar-refractivity contribution is 7.80. The Bertz CT molecular complexity index is 1010. The molecular formula is C19H16ClF3N4OS. The molecule has 10 heteroatoms. The summed E-state index contributed by atoms with van der Waals surface area (Å²) in [7, 11) is 0. The number of hydrogen-bond acceptors (Lipinski definition) is 4. The lowest BCUT2D eigenvalue weighted by atomic mass is 10.00. The molecule has 1 aromatic carbocycles. The number of nitrogens with zero attached hydrogens (tertiary/aromatic N) is 3. The molecule has 29 heavy (non-hydrogen) atoms. The van der Waals surface area contributed by atoms with Crippen molar-refractivity contribution in [2.75, 3.05) is 4.90 Å². The summed E-state index contributed by atoms with van der Waals surface area (Å²) in [5, 5.41) is 8.62. The first-order valence-electron chi connectivity index (χ1n) is 8.51. The highest BCUT2D eigenvalue weighted by Gasteiger charge is 2.51. The number of anilines is 1. The molecule has 1 amide bonds. The minimum Gasteiger partial charge on any atom is -0.401 e. The fraction of sp³-hybridized carbons (Fsp3) is 0.316. The molecule has 152 valence electrons. The molecule has 0 aromatic heterocycles. The van der Waals surface area contributed by atoms with Gasteiger partial charge in [-0.25, -0.2) is 0 Å². The highest BCUT2D eigenvalue weighted by atomic mass is 35.5. The number of halogens is 4. The molecule has 2 N–H and O–H groups in total. The van der Waals surface area contributed by atoms with Crippen LogP contribution in [0.4, 0.5) is 18.9 Å². The molecular weight excluding hydrogens is 425 g/mol. The number of amides is 1. The van der Waals surface area contributed by atoms with Crippen LogP contribution in [0.25, 0.3) is 0 Å². The quantitative estimate of drug-likeness (QED) is 0.555. The lowest BCUT2D eigenvalue weighted by Gasteiger charge is -2.32. The first kappa shape index (κ1) is 21.1. The van der Waals surface area contributed by atoms with E-state index in [1.807, 2.05) is 0 Å². The second-order valence-corrected chi connectivity index (χ2v) is 8.03. The van der Waals surface area contributed by atoms with E-state index in [1.165, 1.54) is 12.1 Å². The van der Waals surface area contributed by atoms with E-state index in [2.05, 4.69) is 0 Å². The van der Waals surface area contributed by atoms with Gasteiger partial charge in [-0.2, -0.15) is 18.4 Å². The average molecular weight is 441 g/mol. The molecule has 0 bridgehead atoms. The molecule has 0 saturated carbocycles. The van der Waals surface area contributed by atoms with E-state index >= 15 is 0 Å².